The molecular formula is C13H14BrN3OS. The molecule has 19 heavy (non-hydrogen) atoms. The van der Waals surface area contributed by atoms with Crippen molar-refractivity contribution in [1.82, 2.24) is 10.3 Å². The van der Waals surface area contributed by atoms with Gasteiger partial charge in [-0.2, -0.15) is 0 Å². The molecule has 0 aliphatic carbocycles. The fraction of sp³-hybridized carbons (Fsp3) is 0.231. The van der Waals surface area contributed by atoms with Crippen LogP contribution in [0.4, 0.5) is 5.82 Å². The molecule has 2 heterocycles. The number of nitrogens with zero attached hydrogens (tertiary/aromatic N) is 1. The summed E-state index contributed by atoms with van der Waals surface area (Å²) in [4.78, 5) is 17.4. The number of carbonyl (C=O) groups is 1. The maximum Gasteiger partial charge on any atom is 0.255 e. The molecule has 0 radical (unpaired) electrons. The van der Waals surface area contributed by atoms with Gasteiger partial charge in [-0.15, -0.1) is 11.3 Å². The van der Waals surface area contributed by atoms with Crippen LogP contribution in [0.25, 0.3) is 0 Å². The van der Waals surface area contributed by atoms with Gasteiger partial charge in [0.05, 0.1) is 12.1 Å². The molecule has 2 rings (SSSR count). The molecule has 0 fully saturated rings. The zero-order valence-electron chi connectivity index (χ0n) is 10.4. The summed E-state index contributed by atoms with van der Waals surface area (Å²) in [5.74, 6) is 0.503. The van der Waals surface area contributed by atoms with Crippen LogP contribution in [0.5, 0.6) is 0 Å². The summed E-state index contributed by atoms with van der Waals surface area (Å²) in [6.45, 7) is 3.23. The first-order chi connectivity index (χ1) is 9.20. The van der Waals surface area contributed by atoms with Crippen molar-refractivity contribution in [3.8, 4) is 0 Å². The van der Waals surface area contributed by atoms with Crippen molar-refractivity contribution in [2.45, 2.75) is 13.5 Å². The smallest absolute Gasteiger partial charge is 0.255 e. The van der Waals surface area contributed by atoms with Crippen LogP contribution in [0, 0.1) is 0 Å². The quantitative estimate of drug-likeness (QED) is 0.878. The van der Waals surface area contributed by atoms with Crippen LogP contribution in [0.1, 0.15) is 22.2 Å². The lowest BCUT2D eigenvalue weighted by Crippen LogP contribution is -2.23. The van der Waals surface area contributed by atoms with E-state index in [1.54, 1.807) is 29.7 Å². The van der Waals surface area contributed by atoms with Gasteiger partial charge in [0.2, 0.25) is 0 Å². The lowest BCUT2D eigenvalue weighted by molar-refractivity contribution is 0.0952. The Morgan fingerprint density at radius 1 is 1.53 bits per heavy atom. The Hall–Kier alpha value is -1.40. The van der Waals surface area contributed by atoms with Gasteiger partial charge in [-0.1, -0.05) is 0 Å². The van der Waals surface area contributed by atoms with E-state index in [1.165, 1.54) is 0 Å². The molecule has 100 valence electrons. The van der Waals surface area contributed by atoms with E-state index in [2.05, 4.69) is 31.5 Å². The summed E-state index contributed by atoms with van der Waals surface area (Å²) in [6, 6.07) is 5.53. The fourth-order valence-corrected chi connectivity index (χ4v) is 3.00. The number of hydrogen-bond acceptors (Lipinski definition) is 4. The van der Waals surface area contributed by atoms with Gasteiger partial charge in [0.25, 0.3) is 5.91 Å². The molecule has 0 unspecified atom stereocenters. The minimum Gasteiger partial charge on any atom is -0.370 e. The SMILES string of the molecule is CCNc1ncccc1C(=O)NCc1cc(Br)cs1. The summed E-state index contributed by atoms with van der Waals surface area (Å²) in [5.41, 5.74) is 0.569. The molecule has 2 aromatic rings. The largest absolute Gasteiger partial charge is 0.370 e. The predicted molar refractivity (Wildman–Crippen MR) is 81.6 cm³/mol. The second-order valence-electron chi connectivity index (χ2n) is 3.84. The first-order valence-corrected chi connectivity index (χ1v) is 7.58. The van der Waals surface area contributed by atoms with Gasteiger partial charge >= 0.3 is 0 Å². The number of nitrogens with one attached hydrogen (secondary N) is 2. The molecule has 0 saturated heterocycles. The van der Waals surface area contributed by atoms with Gasteiger partial charge in [-0.3, -0.25) is 4.79 Å². The Kier molecular flexibility index (Phi) is 4.93. The number of hydrogen-bond donors (Lipinski definition) is 2. The lowest BCUT2D eigenvalue weighted by Gasteiger charge is -2.09. The van der Waals surface area contributed by atoms with E-state index in [0.29, 0.717) is 17.9 Å². The highest BCUT2D eigenvalue weighted by Gasteiger charge is 2.11. The Balaban J connectivity index is 2.03. The van der Waals surface area contributed by atoms with Crippen LogP contribution in [0.2, 0.25) is 0 Å². The Bertz CT molecular complexity index is 571. The number of carbonyl (C=O) groups excluding carboxylic acids is 1. The summed E-state index contributed by atoms with van der Waals surface area (Å²) in [6.07, 6.45) is 1.67. The highest BCUT2D eigenvalue weighted by atomic mass is 79.9. The normalized spacial score (nSPS) is 10.2. The minimum atomic E-state index is -0.117. The van der Waals surface area contributed by atoms with Crippen molar-refractivity contribution in [2.24, 2.45) is 0 Å². The molecular weight excluding hydrogens is 326 g/mol. The van der Waals surface area contributed by atoms with Gasteiger partial charge in [0.1, 0.15) is 5.82 Å². The van der Waals surface area contributed by atoms with Gasteiger partial charge in [0.15, 0.2) is 0 Å². The third-order valence-electron chi connectivity index (χ3n) is 2.44. The number of pyridine rings is 1. The molecule has 0 bridgehead atoms. The van der Waals surface area contributed by atoms with Gasteiger partial charge in [-0.05, 0) is 41.1 Å². The predicted octanol–water partition coefficient (Wildman–Crippen LogP) is 3.27. The molecule has 0 aliphatic rings. The average molecular weight is 340 g/mol. The Morgan fingerprint density at radius 3 is 3.05 bits per heavy atom. The average Bonchev–Trinajstić information content (AvgIpc) is 2.83. The second kappa shape index (κ2) is 6.68. The number of anilines is 1. The van der Waals surface area contributed by atoms with Crippen LogP contribution in [0.15, 0.2) is 34.2 Å². The summed E-state index contributed by atoms with van der Waals surface area (Å²) >= 11 is 5.00. The molecule has 0 aliphatic heterocycles. The molecule has 2 N–H and O–H groups in total. The first kappa shape index (κ1) is 14.0. The third kappa shape index (κ3) is 3.78. The minimum absolute atomic E-state index is 0.117. The third-order valence-corrected chi connectivity index (χ3v) is 4.14. The molecule has 4 nitrogen and oxygen atoms in total. The molecule has 2 aromatic heterocycles. The van der Waals surface area contributed by atoms with E-state index < -0.39 is 0 Å². The molecule has 0 saturated carbocycles. The van der Waals surface area contributed by atoms with E-state index in [9.17, 15) is 4.79 Å². The van der Waals surface area contributed by atoms with Crippen molar-refractivity contribution >= 4 is 39.0 Å². The number of halogens is 1. The molecule has 0 spiro atoms. The van der Waals surface area contributed by atoms with Crippen LogP contribution < -0.4 is 10.6 Å². The summed E-state index contributed by atoms with van der Waals surface area (Å²) in [5, 5.41) is 7.98. The van der Waals surface area contributed by atoms with E-state index in [0.717, 1.165) is 15.9 Å². The van der Waals surface area contributed by atoms with Crippen molar-refractivity contribution in [2.75, 3.05) is 11.9 Å². The van der Waals surface area contributed by atoms with Crippen molar-refractivity contribution in [3.63, 3.8) is 0 Å². The summed E-state index contributed by atoms with van der Waals surface area (Å²) < 4.78 is 1.04. The highest BCUT2D eigenvalue weighted by Crippen LogP contribution is 2.19. The van der Waals surface area contributed by atoms with E-state index in [-0.39, 0.29) is 5.91 Å². The lowest BCUT2D eigenvalue weighted by atomic mass is 10.2. The summed E-state index contributed by atoms with van der Waals surface area (Å²) in [7, 11) is 0. The monoisotopic (exact) mass is 339 g/mol. The maximum atomic E-state index is 12.1. The first-order valence-electron chi connectivity index (χ1n) is 5.90. The highest BCUT2D eigenvalue weighted by molar-refractivity contribution is 9.10. The zero-order valence-corrected chi connectivity index (χ0v) is 12.8. The van der Waals surface area contributed by atoms with Crippen LogP contribution in [-0.4, -0.2) is 17.4 Å². The van der Waals surface area contributed by atoms with Crippen LogP contribution in [-0.2, 0) is 6.54 Å². The fourth-order valence-electron chi connectivity index (χ4n) is 1.61. The Morgan fingerprint density at radius 2 is 2.37 bits per heavy atom. The second-order valence-corrected chi connectivity index (χ2v) is 5.76. The molecule has 1 amide bonds. The van der Waals surface area contributed by atoms with Crippen molar-refractivity contribution in [1.29, 1.82) is 0 Å². The number of aromatic nitrogens is 1. The standard InChI is InChI=1S/C13H14BrN3OS/c1-2-15-12-11(4-3-5-16-12)13(18)17-7-10-6-9(14)8-19-10/h3-6,8H,2,7H2,1H3,(H,15,16)(H,17,18). The Labute approximate surface area is 124 Å². The zero-order chi connectivity index (χ0) is 13.7. The van der Waals surface area contributed by atoms with Crippen LogP contribution in [0.3, 0.4) is 0 Å². The van der Waals surface area contributed by atoms with Crippen molar-refractivity contribution < 1.29 is 4.79 Å². The number of thiophene rings is 1. The molecule has 0 aromatic carbocycles. The van der Waals surface area contributed by atoms with Gasteiger partial charge in [-0.25, -0.2) is 4.98 Å². The van der Waals surface area contributed by atoms with E-state index in [1.807, 2.05) is 18.4 Å². The molecule has 0 atom stereocenters. The van der Waals surface area contributed by atoms with Gasteiger partial charge < -0.3 is 10.6 Å². The topological polar surface area (TPSA) is 54.0 Å². The number of rotatable bonds is 5. The van der Waals surface area contributed by atoms with E-state index >= 15 is 0 Å². The van der Waals surface area contributed by atoms with Crippen molar-refractivity contribution in [3.05, 3.63) is 44.7 Å². The molecule has 6 heteroatoms. The number of amides is 1. The van der Waals surface area contributed by atoms with Crippen LogP contribution >= 0.6 is 27.3 Å². The van der Waals surface area contributed by atoms with Gasteiger partial charge in [0, 0.05) is 27.5 Å². The maximum absolute atomic E-state index is 12.1. The van der Waals surface area contributed by atoms with E-state index in [4.69, 9.17) is 0 Å².